The molecule has 0 aliphatic carbocycles. The van der Waals surface area contributed by atoms with Crippen LogP contribution in [0.4, 0.5) is 0 Å². The molecule has 3 nitrogen and oxygen atoms in total. The van der Waals surface area contributed by atoms with Crippen LogP contribution in [-0.2, 0) is 0 Å². The van der Waals surface area contributed by atoms with Gasteiger partial charge in [-0.25, -0.2) is 0 Å². The van der Waals surface area contributed by atoms with E-state index in [9.17, 15) is 0 Å². The zero-order valence-corrected chi connectivity index (χ0v) is 10.5. The van der Waals surface area contributed by atoms with Crippen LogP contribution in [0.15, 0.2) is 42.5 Å². The molecule has 2 aromatic carbocycles. The van der Waals surface area contributed by atoms with E-state index in [2.05, 4.69) is 6.92 Å². The maximum absolute atomic E-state index is 5.80. The fraction of sp³-hybridized carbons (Fsp3) is 0.133. The summed E-state index contributed by atoms with van der Waals surface area (Å²) in [5, 5.41) is 0. The van der Waals surface area contributed by atoms with Gasteiger partial charge >= 0.3 is 0 Å². The smallest absolute Gasteiger partial charge is 0.210 e. The monoisotopic (exact) mass is 243 g/mol. The highest BCUT2D eigenvalue weighted by atomic mass is 16.5. The van der Waals surface area contributed by atoms with Gasteiger partial charge in [0.25, 0.3) is 0 Å². The van der Waals surface area contributed by atoms with Crippen LogP contribution < -0.4 is 14.2 Å². The van der Waals surface area contributed by atoms with E-state index in [1.807, 2.05) is 42.5 Å². The first kappa shape index (κ1) is 12.3. The molecular formula is C15H15O3. The Morgan fingerprint density at radius 3 is 1.89 bits per heavy atom. The van der Waals surface area contributed by atoms with Gasteiger partial charge < -0.3 is 14.2 Å². The number of para-hydroxylation sites is 1. The Hall–Kier alpha value is -2.16. The molecule has 0 saturated heterocycles. The highest BCUT2D eigenvalue weighted by molar-refractivity contribution is 5.53. The highest BCUT2D eigenvalue weighted by Gasteiger charge is 2.11. The van der Waals surface area contributed by atoms with Gasteiger partial charge in [-0.05, 0) is 36.8 Å². The van der Waals surface area contributed by atoms with Crippen LogP contribution in [0.5, 0.6) is 23.0 Å². The SMILES string of the molecule is [CH2]c1ccc(Oc2c(OC)cccc2OC)cc1. The van der Waals surface area contributed by atoms with Crippen molar-refractivity contribution in [3.05, 3.63) is 55.0 Å². The summed E-state index contributed by atoms with van der Waals surface area (Å²) in [5.74, 6) is 2.55. The number of rotatable bonds is 4. The third-order valence-corrected chi connectivity index (χ3v) is 2.53. The van der Waals surface area contributed by atoms with Crippen molar-refractivity contribution in [3.63, 3.8) is 0 Å². The molecule has 0 fully saturated rings. The highest BCUT2D eigenvalue weighted by Crippen LogP contribution is 2.39. The van der Waals surface area contributed by atoms with Gasteiger partial charge in [-0.15, -0.1) is 0 Å². The summed E-state index contributed by atoms with van der Waals surface area (Å²) in [6.45, 7) is 3.83. The van der Waals surface area contributed by atoms with E-state index in [4.69, 9.17) is 14.2 Å². The minimum atomic E-state index is 0.569. The maximum atomic E-state index is 5.80. The Morgan fingerprint density at radius 2 is 1.39 bits per heavy atom. The lowest BCUT2D eigenvalue weighted by molar-refractivity contribution is 0.346. The summed E-state index contributed by atoms with van der Waals surface area (Å²) < 4.78 is 16.3. The first-order valence-corrected chi connectivity index (χ1v) is 5.55. The van der Waals surface area contributed by atoms with Crippen LogP contribution in [0.1, 0.15) is 5.56 Å². The zero-order valence-electron chi connectivity index (χ0n) is 10.5. The molecule has 0 aromatic heterocycles. The normalized spacial score (nSPS) is 9.94. The lowest BCUT2D eigenvalue weighted by atomic mass is 10.2. The summed E-state index contributed by atoms with van der Waals surface area (Å²) in [6.07, 6.45) is 0. The number of ether oxygens (including phenoxy) is 3. The summed E-state index contributed by atoms with van der Waals surface area (Å²) in [5.41, 5.74) is 0.939. The standard InChI is InChI=1S/C15H15O3/c1-11-7-9-12(10-8-11)18-15-13(16-2)5-4-6-14(15)17-3/h4-10H,1H2,2-3H3. The number of benzene rings is 2. The van der Waals surface area contributed by atoms with E-state index in [1.54, 1.807) is 14.2 Å². The van der Waals surface area contributed by atoms with Crippen LogP contribution in [0, 0.1) is 6.92 Å². The fourth-order valence-corrected chi connectivity index (χ4v) is 1.59. The topological polar surface area (TPSA) is 27.7 Å². The Morgan fingerprint density at radius 1 is 0.833 bits per heavy atom. The number of hydrogen-bond donors (Lipinski definition) is 0. The van der Waals surface area contributed by atoms with E-state index in [1.165, 1.54) is 0 Å². The van der Waals surface area contributed by atoms with E-state index < -0.39 is 0 Å². The van der Waals surface area contributed by atoms with Crippen LogP contribution >= 0.6 is 0 Å². The largest absolute Gasteiger partial charge is 0.493 e. The van der Waals surface area contributed by atoms with Crippen LogP contribution in [0.25, 0.3) is 0 Å². The second-order valence-corrected chi connectivity index (χ2v) is 3.74. The Balaban J connectivity index is 2.35. The van der Waals surface area contributed by atoms with Crippen molar-refractivity contribution < 1.29 is 14.2 Å². The van der Waals surface area contributed by atoms with Gasteiger partial charge in [-0.1, -0.05) is 18.2 Å². The molecule has 0 bridgehead atoms. The number of hydrogen-bond acceptors (Lipinski definition) is 3. The summed E-state index contributed by atoms with van der Waals surface area (Å²) in [6, 6.07) is 13.0. The van der Waals surface area contributed by atoms with Crippen LogP contribution in [0.2, 0.25) is 0 Å². The van der Waals surface area contributed by atoms with Gasteiger partial charge in [0.1, 0.15) is 5.75 Å². The second-order valence-electron chi connectivity index (χ2n) is 3.74. The Kier molecular flexibility index (Phi) is 3.72. The molecule has 2 rings (SSSR count). The molecule has 0 spiro atoms. The molecule has 18 heavy (non-hydrogen) atoms. The van der Waals surface area contributed by atoms with Gasteiger partial charge in [0.15, 0.2) is 11.5 Å². The van der Waals surface area contributed by atoms with E-state index in [0.29, 0.717) is 23.0 Å². The molecule has 0 amide bonds. The fourth-order valence-electron chi connectivity index (χ4n) is 1.59. The first-order valence-electron chi connectivity index (χ1n) is 5.55. The molecule has 1 radical (unpaired) electrons. The summed E-state index contributed by atoms with van der Waals surface area (Å²) in [4.78, 5) is 0. The predicted molar refractivity (Wildman–Crippen MR) is 70.5 cm³/mol. The quantitative estimate of drug-likeness (QED) is 0.819. The zero-order chi connectivity index (χ0) is 13.0. The lowest BCUT2D eigenvalue weighted by Crippen LogP contribution is -1.94. The van der Waals surface area contributed by atoms with Crippen molar-refractivity contribution in [2.24, 2.45) is 0 Å². The summed E-state index contributed by atoms with van der Waals surface area (Å²) >= 11 is 0. The molecule has 0 N–H and O–H groups in total. The second kappa shape index (κ2) is 5.45. The van der Waals surface area contributed by atoms with Gasteiger partial charge in [0.05, 0.1) is 14.2 Å². The maximum Gasteiger partial charge on any atom is 0.210 e. The van der Waals surface area contributed by atoms with E-state index in [-0.39, 0.29) is 0 Å². The van der Waals surface area contributed by atoms with Crippen LogP contribution in [0.3, 0.4) is 0 Å². The van der Waals surface area contributed by atoms with Crippen molar-refractivity contribution >= 4 is 0 Å². The molecule has 3 heteroatoms. The Bertz CT molecular complexity index is 496. The molecule has 0 atom stereocenters. The third-order valence-electron chi connectivity index (χ3n) is 2.53. The van der Waals surface area contributed by atoms with Crippen molar-refractivity contribution in [1.82, 2.24) is 0 Å². The minimum Gasteiger partial charge on any atom is -0.493 e. The van der Waals surface area contributed by atoms with Crippen molar-refractivity contribution in [2.75, 3.05) is 14.2 Å². The third kappa shape index (κ3) is 2.56. The molecule has 0 aliphatic heterocycles. The minimum absolute atomic E-state index is 0.569. The molecule has 0 unspecified atom stereocenters. The van der Waals surface area contributed by atoms with Gasteiger partial charge in [0.2, 0.25) is 5.75 Å². The molecule has 0 aliphatic rings. The van der Waals surface area contributed by atoms with Gasteiger partial charge in [-0.3, -0.25) is 0 Å². The van der Waals surface area contributed by atoms with E-state index in [0.717, 1.165) is 5.56 Å². The van der Waals surface area contributed by atoms with Crippen molar-refractivity contribution in [2.45, 2.75) is 0 Å². The lowest BCUT2D eigenvalue weighted by Gasteiger charge is -2.13. The summed E-state index contributed by atoms with van der Waals surface area (Å²) in [7, 11) is 3.20. The molecule has 0 saturated carbocycles. The molecule has 93 valence electrons. The number of methoxy groups -OCH3 is 2. The molecule has 0 heterocycles. The van der Waals surface area contributed by atoms with E-state index >= 15 is 0 Å². The van der Waals surface area contributed by atoms with Crippen molar-refractivity contribution in [3.8, 4) is 23.0 Å². The molecular weight excluding hydrogens is 228 g/mol. The van der Waals surface area contributed by atoms with Crippen molar-refractivity contribution in [1.29, 1.82) is 0 Å². The average molecular weight is 243 g/mol. The molecule has 2 aromatic rings. The Labute approximate surface area is 107 Å². The predicted octanol–water partition coefficient (Wildman–Crippen LogP) is 3.68. The van der Waals surface area contributed by atoms with Gasteiger partial charge in [-0.2, -0.15) is 0 Å². The first-order chi connectivity index (χ1) is 8.74. The van der Waals surface area contributed by atoms with Crippen LogP contribution in [-0.4, -0.2) is 14.2 Å². The average Bonchev–Trinajstić information content (AvgIpc) is 2.41. The van der Waals surface area contributed by atoms with Gasteiger partial charge in [0, 0.05) is 0 Å².